The minimum atomic E-state index is -0.351. The summed E-state index contributed by atoms with van der Waals surface area (Å²) in [5, 5.41) is 14.1. The molecule has 1 N–H and O–H groups in total. The van der Waals surface area contributed by atoms with E-state index in [4.69, 9.17) is 0 Å². The van der Waals surface area contributed by atoms with Crippen LogP contribution in [0.15, 0.2) is 53.3 Å². The van der Waals surface area contributed by atoms with E-state index in [2.05, 4.69) is 55.7 Å². The molecule has 0 radical (unpaired) electrons. The van der Waals surface area contributed by atoms with Gasteiger partial charge in [0.1, 0.15) is 6.04 Å². The summed E-state index contributed by atoms with van der Waals surface area (Å²) < 4.78 is 1.99. The van der Waals surface area contributed by atoms with Crippen LogP contribution >= 0.6 is 0 Å². The number of benzene rings is 2. The zero-order valence-electron chi connectivity index (χ0n) is 18.9. The summed E-state index contributed by atoms with van der Waals surface area (Å²) in [4.78, 5) is 19.0. The van der Waals surface area contributed by atoms with Gasteiger partial charge in [0.2, 0.25) is 0 Å². The Kier molecular flexibility index (Phi) is 4.97. The highest BCUT2D eigenvalue weighted by Gasteiger charge is 2.35. The summed E-state index contributed by atoms with van der Waals surface area (Å²) in [6, 6.07) is 16.6. The zero-order chi connectivity index (χ0) is 22.4. The van der Waals surface area contributed by atoms with Gasteiger partial charge in [0.25, 0.3) is 5.56 Å². The van der Waals surface area contributed by atoms with Gasteiger partial charge in [0.15, 0.2) is 5.82 Å². The SMILES string of the molecule is Cc1cccc2cc(C(c3nnnn3C3CCCC3)N3CCCc4ccccc43)c(=O)[nH]c12. The quantitative estimate of drug-likeness (QED) is 0.506. The summed E-state index contributed by atoms with van der Waals surface area (Å²) in [7, 11) is 0. The average Bonchev–Trinajstić information content (AvgIpc) is 3.53. The molecule has 0 bridgehead atoms. The Morgan fingerprint density at radius 2 is 1.91 bits per heavy atom. The van der Waals surface area contributed by atoms with Crippen LogP contribution in [-0.4, -0.2) is 31.7 Å². The molecule has 7 nitrogen and oxygen atoms in total. The average molecular weight is 441 g/mol. The number of H-pyrrole nitrogens is 1. The van der Waals surface area contributed by atoms with Crippen LogP contribution in [0.3, 0.4) is 0 Å². The van der Waals surface area contributed by atoms with Gasteiger partial charge in [-0.25, -0.2) is 4.68 Å². The van der Waals surface area contributed by atoms with E-state index in [0.29, 0.717) is 11.6 Å². The fraction of sp³-hybridized carbons (Fsp3) is 0.385. The van der Waals surface area contributed by atoms with Crippen LogP contribution in [-0.2, 0) is 6.42 Å². The van der Waals surface area contributed by atoms with Gasteiger partial charge in [0.05, 0.1) is 11.6 Å². The van der Waals surface area contributed by atoms with Gasteiger partial charge in [-0.2, -0.15) is 0 Å². The van der Waals surface area contributed by atoms with Crippen LogP contribution in [0.25, 0.3) is 10.9 Å². The van der Waals surface area contributed by atoms with Crippen molar-refractivity contribution in [2.24, 2.45) is 0 Å². The van der Waals surface area contributed by atoms with E-state index in [0.717, 1.165) is 54.5 Å². The Morgan fingerprint density at radius 3 is 2.79 bits per heavy atom. The highest BCUT2D eigenvalue weighted by molar-refractivity contribution is 5.82. The molecule has 2 aromatic carbocycles. The first-order valence-corrected chi connectivity index (χ1v) is 12.0. The van der Waals surface area contributed by atoms with E-state index in [9.17, 15) is 4.79 Å². The number of tetrazole rings is 1. The maximum absolute atomic E-state index is 13.5. The second-order valence-electron chi connectivity index (χ2n) is 9.34. The molecule has 1 saturated carbocycles. The summed E-state index contributed by atoms with van der Waals surface area (Å²) in [6.07, 6.45) is 6.61. The number of hydrogen-bond acceptors (Lipinski definition) is 5. The number of aromatic amines is 1. The number of hydrogen-bond donors (Lipinski definition) is 1. The van der Waals surface area contributed by atoms with Gasteiger partial charge in [-0.05, 0) is 71.7 Å². The number of anilines is 1. The number of para-hydroxylation sites is 2. The molecule has 6 rings (SSSR count). The van der Waals surface area contributed by atoms with E-state index in [1.807, 2.05) is 29.8 Å². The fourth-order valence-electron chi connectivity index (χ4n) is 5.67. The molecule has 1 unspecified atom stereocenters. The number of pyridine rings is 1. The highest BCUT2D eigenvalue weighted by Crippen LogP contribution is 2.38. The van der Waals surface area contributed by atoms with Gasteiger partial charge >= 0.3 is 0 Å². The van der Waals surface area contributed by atoms with Crippen molar-refractivity contribution in [3.63, 3.8) is 0 Å². The second kappa shape index (κ2) is 8.14. The number of aryl methyl sites for hydroxylation is 2. The van der Waals surface area contributed by atoms with Gasteiger partial charge in [-0.3, -0.25) is 4.79 Å². The monoisotopic (exact) mass is 440 g/mol. The number of nitrogens with one attached hydrogen (secondary N) is 1. The zero-order valence-corrected chi connectivity index (χ0v) is 18.9. The Morgan fingerprint density at radius 1 is 1.06 bits per heavy atom. The first-order valence-electron chi connectivity index (χ1n) is 12.0. The molecule has 2 aromatic heterocycles. The van der Waals surface area contributed by atoms with Crippen LogP contribution in [0, 0.1) is 6.92 Å². The molecule has 0 saturated heterocycles. The predicted molar refractivity (Wildman–Crippen MR) is 129 cm³/mol. The third-order valence-electron chi connectivity index (χ3n) is 7.30. The molecule has 1 atom stereocenters. The molecular formula is C26H28N6O. The molecule has 1 aliphatic carbocycles. The standard InChI is InChI=1S/C26H28N6O/c1-17-8-6-10-19-16-21(26(33)27-23(17)19)24(25-28-29-30-32(25)20-12-3-4-13-20)31-15-7-11-18-9-2-5-14-22(18)31/h2,5-6,8-10,14,16,20,24H,3-4,7,11-13,15H2,1H3,(H,27,33). The van der Waals surface area contributed by atoms with Crippen molar-refractivity contribution in [3.05, 3.63) is 81.4 Å². The van der Waals surface area contributed by atoms with Crippen LogP contribution in [0.1, 0.15) is 66.7 Å². The van der Waals surface area contributed by atoms with Crippen molar-refractivity contribution < 1.29 is 0 Å². The molecule has 3 heterocycles. The van der Waals surface area contributed by atoms with Crippen LogP contribution in [0.5, 0.6) is 0 Å². The lowest BCUT2D eigenvalue weighted by Gasteiger charge is -2.37. The van der Waals surface area contributed by atoms with Crippen molar-refractivity contribution in [3.8, 4) is 0 Å². The number of fused-ring (bicyclic) bond motifs is 2. The molecular weight excluding hydrogens is 412 g/mol. The lowest BCUT2D eigenvalue weighted by atomic mass is 9.96. The lowest BCUT2D eigenvalue weighted by molar-refractivity contribution is 0.425. The topological polar surface area (TPSA) is 79.7 Å². The van der Waals surface area contributed by atoms with Crippen molar-refractivity contribution in [2.45, 2.75) is 57.5 Å². The highest BCUT2D eigenvalue weighted by atomic mass is 16.1. The lowest BCUT2D eigenvalue weighted by Crippen LogP contribution is -2.38. The van der Waals surface area contributed by atoms with Crippen LogP contribution in [0.2, 0.25) is 0 Å². The van der Waals surface area contributed by atoms with E-state index in [-0.39, 0.29) is 11.6 Å². The molecule has 1 aliphatic heterocycles. The molecule has 2 aliphatic rings. The Hall–Kier alpha value is -3.48. The van der Waals surface area contributed by atoms with Gasteiger partial charge in [-0.15, -0.1) is 5.10 Å². The van der Waals surface area contributed by atoms with Crippen LogP contribution in [0.4, 0.5) is 5.69 Å². The molecule has 4 aromatic rings. The first kappa shape index (κ1) is 20.1. The number of nitrogens with zero attached hydrogens (tertiary/aromatic N) is 5. The molecule has 7 heteroatoms. The van der Waals surface area contributed by atoms with E-state index >= 15 is 0 Å². The first-order chi connectivity index (χ1) is 16.2. The van der Waals surface area contributed by atoms with Crippen molar-refractivity contribution in [2.75, 3.05) is 11.4 Å². The minimum Gasteiger partial charge on any atom is -0.357 e. The third kappa shape index (κ3) is 3.43. The minimum absolute atomic E-state index is 0.0779. The fourth-order valence-corrected chi connectivity index (χ4v) is 5.67. The molecule has 0 amide bonds. The Labute approximate surface area is 192 Å². The smallest absolute Gasteiger partial charge is 0.254 e. The van der Waals surface area contributed by atoms with Gasteiger partial charge in [0, 0.05) is 17.8 Å². The van der Waals surface area contributed by atoms with Crippen molar-refractivity contribution in [1.29, 1.82) is 0 Å². The maximum atomic E-state index is 13.5. The molecule has 168 valence electrons. The van der Waals surface area contributed by atoms with E-state index in [1.165, 1.54) is 24.1 Å². The van der Waals surface area contributed by atoms with E-state index < -0.39 is 0 Å². The largest absolute Gasteiger partial charge is 0.357 e. The second-order valence-corrected chi connectivity index (χ2v) is 9.34. The maximum Gasteiger partial charge on any atom is 0.254 e. The molecule has 33 heavy (non-hydrogen) atoms. The Balaban J connectivity index is 1.58. The van der Waals surface area contributed by atoms with Crippen molar-refractivity contribution >= 4 is 16.6 Å². The summed E-state index contributed by atoms with van der Waals surface area (Å²) >= 11 is 0. The number of rotatable bonds is 4. The third-order valence-corrected chi connectivity index (χ3v) is 7.30. The summed E-state index contributed by atoms with van der Waals surface area (Å²) in [5.41, 5.74) is 5.04. The summed E-state index contributed by atoms with van der Waals surface area (Å²) in [6.45, 7) is 2.88. The molecule has 1 fully saturated rings. The normalized spacial score (nSPS) is 17.4. The van der Waals surface area contributed by atoms with Crippen LogP contribution < -0.4 is 10.5 Å². The molecule has 0 spiro atoms. The van der Waals surface area contributed by atoms with E-state index in [1.54, 1.807) is 0 Å². The van der Waals surface area contributed by atoms with Gasteiger partial charge < -0.3 is 9.88 Å². The predicted octanol–water partition coefficient (Wildman–Crippen LogP) is 4.48. The summed E-state index contributed by atoms with van der Waals surface area (Å²) in [5.74, 6) is 0.760. The Bertz CT molecular complexity index is 1370. The van der Waals surface area contributed by atoms with Crippen molar-refractivity contribution in [1.82, 2.24) is 25.2 Å². The number of aromatic nitrogens is 5. The van der Waals surface area contributed by atoms with Gasteiger partial charge in [-0.1, -0.05) is 49.2 Å².